The van der Waals surface area contributed by atoms with E-state index in [1.807, 2.05) is 0 Å². The van der Waals surface area contributed by atoms with E-state index in [4.69, 9.17) is 0 Å². The summed E-state index contributed by atoms with van der Waals surface area (Å²) in [5.41, 5.74) is 4.70. The molecule has 0 heteroatoms. The zero-order chi connectivity index (χ0) is 13.5. The van der Waals surface area contributed by atoms with Crippen molar-refractivity contribution < 1.29 is 0 Å². The highest BCUT2D eigenvalue weighted by molar-refractivity contribution is 6.10. The van der Waals surface area contributed by atoms with E-state index in [1.54, 1.807) is 11.1 Å². The van der Waals surface area contributed by atoms with Crippen molar-refractivity contribution in [1.29, 1.82) is 0 Å². The molecule has 0 nitrogen and oxygen atoms in total. The number of rotatable bonds is 1. The van der Waals surface area contributed by atoms with Crippen LogP contribution in [0.5, 0.6) is 0 Å². The van der Waals surface area contributed by atoms with Crippen LogP contribution in [0.3, 0.4) is 0 Å². The molecule has 0 unspecified atom stereocenters. The van der Waals surface area contributed by atoms with E-state index >= 15 is 0 Å². The molecular formula is C20H20. The SMILES string of the molecule is CCc1cc2c3c(ccc2c2ccccc12)CCCC3. The largest absolute Gasteiger partial charge is 0.0616 e. The van der Waals surface area contributed by atoms with Gasteiger partial charge >= 0.3 is 0 Å². The summed E-state index contributed by atoms with van der Waals surface area (Å²) in [5.74, 6) is 0. The highest BCUT2D eigenvalue weighted by Gasteiger charge is 2.14. The molecule has 4 rings (SSSR count). The summed E-state index contributed by atoms with van der Waals surface area (Å²) in [5, 5.41) is 5.81. The van der Waals surface area contributed by atoms with Gasteiger partial charge in [0.25, 0.3) is 0 Å². The van der Waals surface area contributed by atoms with E-state index in [9.17, 15) is 0 Å². The molecule has 0 bridgehead atoms. The molecule has 0 saturated carbocycles. The van der Waals surface area contributed by atoms with Crippen molar-refractivity contribution >= 4 is 21.5 Å². The number of hydrogen-bond donors (Lipinski definition) is 0. The molecule has 0 spiro atoms. The highest BCUT2D eigenvalue weighted by atomic mass is 14.2. The van der Waals surface area contributed by atoms with E-state index < -0.39 is 0 Å². The average molecular weight is 260 g/mol. The lowest BCUT2D eigenvalue weighted by atomic mass is 9.85. The van der Waals surface area contributed by atoms with Gasteiger partial charge in [0, 0.05) is 0 Å². The van der Waals surface area contributed by atoms with E-state index in [0.29, 0.717) is 0 Å². The Morgan fingerprint density at radius 3 is 2.40 bits per heavy atom. The van der Waals surface area contributed by atoms with Gasteiger partial charge in [-0.3, -0.25) is 0 Å². The lowest BCUT2D eigenvalue weighted by Gasteiger charge is -2.20. The van der Waals surface area contributed by atoms with E-state index in [2.05, 4.69) is 49.4 Å². The van der Waals surface area contributed by atoms with Crippen molar-refractivity contribution in [3.63, 3.8) is 0 Å². The Morgan fingerprint density at radius 1 is 0.800 bits per heavy atom. The predicted octanol–water partition coefficient (Wildman–Crippen LogP) is 5.43. The van der Waals surface area contributed by atoms with Crippen molar-refractivity contribution in [3.05, 3.63) is 59.2 Å². The Balaban J connectivity index is 2.17. The second-order valence-electron chi connectivity index (χ2n) is 5.94. The van der Waals surface area contributed by atoms with Gasteiger partial charge in [-0.25, -0.2) is 0 Å². The molecule has 0 aliphatic heterocycles. The van der Waals surface area contributed by atoms with Crippen LogP contribution in [-0.2, 0) is 19.3 Å². The summed E-state index contributed by atoms with van der Waals surface area (Å²) in [6.45, 7) is 2.27. The molecule has 20 heavy (non-hydrogen) atoms. The second-order valence-corrected chi connectivity index (χ2v) is 5.94. The van der Waals surface area contributed by atoms with Gasteiger partial charge in [-0.15, -0.1) is 0 Å². The quantitative estimate of drug-likeness (QED) is 0.511. The molecule has 3 aromatic carbocycles. The normalized spacial score (nSPS) is 14.7. The zero-order valence-corrected chi connectivity index (χ0v) is 12.1. The first-order valence-electron chi connectivity index (χ1n) is 7.83. The Hall–Kier alpha value is -1.82. The third-order valence-electron chi connectivity index (χ3n) is 4.84. The summed E-state index contributed by atoms with van der Waals surface area (Å²) < 4.78 is 0. The fourth-order valence-electron chi connectivity index (χ4n) is 3.80. The minimum absolute atomic E-state index is 1.11. The molecule has 0 heterocycles. The van der Waals surface area contributed by atoms with Crippen molar-refractivity contribution in [1.82, 2.24) is 0 Å². The van der Waals surface area contributed by atoms with Crippen molar-refractivity contribution in [2.24, 2.45) is 0 Å². The van der Waals surface area contributed by atoms with Crippen LogP contribution in [-0.4, -0.2) is 0 Å². The van der Waals surface area contributed by atoms with Gasteiger partial charge in [0.15, 0.2) is 0 Å². The second kappa shape index (κ2) is 4.63. The van der Waals surface area contributed by atoms with Crippen LogP contribution in [0, 0.1) is 0 Å². The monoisotopic (exact) mass is 260 g/mol. The zero-order valence-electron chi connectivity index (χ0n) is 12.1. The van der Waals surface area contributed by atoms with Crippen LogP contribution in [0.1, 0.15) is 36.5 Å². The van der Waals surface area contributed by atoms with Crippen molar-refractivity contribution in [2.45, 2.75) is 39.0 Å². The molecule has 0 amide bonds. The molecule has 100 valence electrons. The molecule has 1 aliphatic rings. The molecule has 0 N–H and O–H groups in total. The van der Waals surface area contributed by atoms with E-state index in [-0.39, 0.29) is 0 Å². The lowest BCUT2D eigenvalue weighted by Crippen LogP contribution is -2.03. The van der Waals surface area contributed by atoms with Crippen LogP contribution in [0.4, 0.5) is 0 Å². The predicted molar refractivity (Wildman–Crippen MR) is 87.5 cm³/mol. The number of aryl methyl sites for hydroxylation is 3. The topological polar surface area (TPSA) is 0 Å². The minimum Gasteiger partial charge on any atom is -0.0616 e. The molecule has 0 saturated heterocycles. The molecule has 0 aromatic heterocycles. The first-order valence-corrected chi connectivity index (χ1v) is 7.83. The summed E-state index contributed by atoms with van der Waals surface area (Å²) in [4.78, 5) is 0. The van der Waals surface area contributed by atoms with Crippen molar-refractivity contribution in [3.8, 4) is 0 Å². The fraction of sp³-hybridized carbons (Fsp3) is 0.300. The van der Waals surface area contributed by atoms with Gasteiger partial charge in [-0.1, -0.05) is 49.4 Å². The maximum absolute atomic E-state index is 2.46. The standard InChI is InChI=1S/C20H20/c1-2-14-13-20-17-9-4-3-7-15(17)11-12-19(20)18-10-6-5-8-16(14)18/h5-6,8,10-13H,2-4,7,9H2,1H3. The van der Waals surface area contributed by atoms with E-state index in [1.165, 1.54) is 52.8 Å². The highest BCUT2D eigenvalue weighted by Crippen LogP contribution is 2.35. The Bertz CT molecular complexity index is 796. The Morgan fingerprint density at radius 2 is 1.55 bits per heavy atom. The van der Waals surface area contributed by atoms with Gasteiger partial charge < -0.3 is 0 Å². The number of fused-ring (bicyclic) bond motifs is 5. The van der Waals surface area contributed by atoms with Crippen LogP contribution in [0.15, 0.2) is 42.5 Å². The Kier molecular flexibility index (Phi) is 2.77. The van der Waals surface area contributed by atoms with Gasteiger partial charge in [0.1, 0.15) is 0 Å². The van der Waals surface area contributed by atoms with Gasteiger partial charge in [-0.05, 0) is 70.3 Å². The average Bonchev–Trinajstić information content (AvgIpc) is 2.53. The lowest BCUT2D eigenvalue weighted by molar-refractivity contribution is 0.690. The van der Waals surface area contributed by atoms with E-state index in [0.717, 1.165) is 6.42 Å². The minimum atomic E-state index is 1.11. The summed E-state index contributed by atoms with van der Waals surface area (Å²) in [6, 6.07) is 16.1. The summed E-state index contributed by atoms with van der Waals surface area (Å²) in [6.07, 6.45) is 6.33. The Labute approximate surface area is 120 Å². The summed E-state index contributed by atoms with van der Waals surface area (Å²) in [7, 11) is 0. The molecule has 0 atom stereocenters. The number of hydrogen-bond acceptors (Lipinski definition) is 0. The third-order valence-corrected chi connectivity index (χ3v) is 4.84. The van der Waals surface area contributed by atoms with Gasteiger partial charge in [0.2, 0.25) is 0 Å². The third kappa shape index (κ3) is 1.67. The van der Waals surface area contributed by atoms with Crippen LogP contribution in [0.2, 0.25) is 0 Å². The number of benzene rings is 3. The van der Waals surface area contributed by atoms with Crippen LogP contribution in [0.25, 0.3) is 21.5 Å². The molecule has 0 fully saturated rings. The fourth-order valence-corrected chi connectivity index (χ4v) is 3.80. The van der Waals surface area contributed by atoms with Crippen LogP contribution < -0.4 is 0 Å². The molecule has 0 radical (unpaired) electrons. The first kappa shape index (κ1) is 12.0. The van der Waals surface area contributed by atoms with Crippen LogP contribution >= 0.6 is 0 Å². The van der Waals surface area contributed by atoms with Crippen molar-refractivity contribution in [2.75, 3.05) is 0 Å². The van der Waals surface area contributed by atoms with Gasteiger partial charge in [0.05, 0.1) is 0 Å². The summed E-state index contributed by atoms with van der Waals surface area (Å²) >= 11 is 0. The molecule has 3 aromatic rings. The smallest absolute Gasteiger partial charge is 0.0102 e. The molecule has 1 aliphatic carbocycles. The first-order chi connectivity index (χ1) is 9.88. The molecular weight excluding hydrogens is 240 g/mol. The maximum Gasteiger partial charge on any atom is -0.0102 e. The van der Waals surface area contributed by atoms with Gasteiger partial charge in [-0.2, -0.15) is 0 Å². The maximum atomic E-state index is 2.46.